The van der Waals surface area contributed by atoms with Gasteiger partial charge in [-0.05, 0) is 43.9 Å². The second-order valence-corrected chi connectivity index (χ2v) is 6.19. The molecule has 1 aromatic carbocycles. The second kappa shape index (κ2) is 6.56. The van der Waals surface area contributed by atoms with Gasteiger partial charge in [0.1, 0.15) is 5.82 Å². The molecule has 1 saturated carbocycles. The van der Waals surface area contributed by atoms with Crippen molar-refractivity contribution in [2.24, 2.45) is 0 Å². The Morgan fingerprint density at radius 1 is 1.24 bits per heavy atom. The molecule has 4 heteroatoms. The first-order valence-electron chi connectivity index (χ1n) is 8.00. The summed E-state index contributed by atoms with van der Waals surface area (Å²) in [5, 5.41) is 3.49. The first-order chi connectivity index (χ1) is 10.2. The van der Waals surface area contributed by atoms with Crippen molar-refractivity contribution in [3.63, 3.8) is 0 Å². The normalized spacial score (nSPS) is 22.0. The van der Waals surface area contributed by atoms with Crippen LogP contribution in [0.15, 0.2) is 24.3 Å². The number of hydrogen-bond acceptors (Lipinski definition) is 2. The Morgan fingerprint density at radius 3 is 2.71 bits per heavy atom. The van der Waals surface area contributed by atoms with Gasteiger partial charge in [0.2, 0.25) is 5.91 Å². The summed E-state index contributed by atoms with van der Waals surface area (Å²) in [6.07, 6.45) is 5.96. The summed E-state index contributed by atoms with van der Waals surface area (Å²) >= 11 is 0. The van der Waals surface area contributed by atoms with Crippen LogP contribution in [0.1, 0.15) is 37.7 Å². The smallest absolute Gasteiger partial charge is 0.227 e. The van der Waals surface area contributed by atoms with Crippen molar-refractivity contribution in [3.05, 3.63) is 35.6 Å². The van der Waals surface area contributed by atoms with E-state index in [9.17, 15) is 9.18 Å². The summed E-state index contributed by atoms with van der Waals surface area (Å²) in [5.41, 5.74) is 0.504. The Bertz CT molecular complexity index is 495. The molecular weight excluding hydrogens is 267 g/mol. The minimum Gasteiger partial charge on any atom is -0.338 e. The van der Waals surface area contributed by atoms with E-state index >= 15 is 0 Å². The van der Waals surface area contributed by atoms with Crippen molar-refractivity contribution in [1.29, 1.82) is 0 Å². The quantitative estimate of drug-likeness (QED) is 0.903. The number of piperidine rings is 1. The predicted molar refractivity (Wildman–Crippen MR) is 80.5 cm³/mol. The molecule has 0 radical (unpaired) electrons. The molecule has 1 saturated heterocycles. The number of nitrogens with one attached hydrogen (secondary N) is 1. The van der Waals surface area contributed by atoms with Crippen molar-refractivity contribution in [1.82, 2.24) is 10.2 Å². The molecule has 21 heavy (non-hydrogen) atoms. The largest absolute Gasteiger partial charge is 0.338 e. The van der Waals surface area contributed by atoms with E-state index in [1.807, 2.05) is 4.90 Å². The number of nitrogens with zero attached hydrogens (tertiary/aromatic N) is 1. The van der Waals surface area contributed by atoms with Gasteiger partial charge in [0, 0.05) is 18.6 Å². The lowest BCUT2D eigenvalue weighted by Crippen LogP contribution is -2.47. The average molecular weight is 290 g/mol. The molecule has 114 valence electrons. The molecule has 0 spiro atoms. The summed E-state index contributed by atoms with van der Waals surface area (Å²) in [6, 6.07) is 7.37. The van der Waals surface area contributed by atoms with E-state index < -0.39 is 0 Å². The number of amides is 1. The van der Waals surface area contributed by atoms with Gasteiger partial charge < -0.3 is 10.2 Å². The van der Waals surface area contributed by atoms with Crippen LogP contribution in [0.3, 0.4) is 0 Å². The molecule has 3 rings (SSSR count). The fraction of sp³-hybridized carbons (Fsp3) is 0.588. The number of carbonyl (C=O) groups is 1. The van der Waals surface area contributed by atoms with E-state index in [2.05, 4.69) is 5.32 Å². The van der Waals surface area contributed by atoms with Gasteiger partial charge in [-0.25, -0.2) is 4.39 Å². The van der Waals surface area contributed by atoms with E-state index in [1.165, 1.54) is 18.9 Å². The van der Waals surface area contributed by atoms with Gasteiger partial charge in [-0.3, -0.25) is 4.79 Å². The second-order valence-electron chi connectivity index (χ2n) is 6.19. The van der Waals surface area contributed by atoms with Gasteiger partial charge in [0.15, 0.2) is 0 Å². The molecule has 2 aliphatic rings. The molecule has 1 aliphatic heterocycles. The highest BCUT2D eigenvalue weighted by atomic mass is 19.1. The Balaban J connectivity index is 1.63. The standard InChI is InChI=1S/C17H23FN2O/c18-16-7-2-1-5-13(16)11-17(21)20(15-8-9-15)12-14-6-3-4-10-19-14/h1-2,5,7,14-15,19H,3-4,6,8-12H2. The number of hydrogen-bond donors (Lipinski definition) is 1. The highest BCUT2D eigenvalue weighted by molar-refractivity contribution is 5.79. The lowest BCUT2D eigenvalue weighted by Gasteiger charge is -2.31. The van der Waals surface area contributed by atoms with Crippen molar-refractivity contribution in [2.75, 3.05) is 13.1 Å². The summed E-state index contributed by atoms with van der Waals surface area (Å²) < 4.78 is 13.7. The van der Waals surface area contributed by atoms with Crippen molar-refractivity contribution in [2.45, 2.75) is 50.6 Å². The molecular formula is C17H23FN2O. The average Bonchev–Trinajstić information content (AvgIpc) is 3.33. The maximum Gasteiger partial charge on any atom is 0.227 e. The molecule has 0 bridgehead atoms. The van der Waals surface area contributed by atoms with Crippen molar-refractivity contribution < 1.29 is 9.18 Å². The van der Waals surface area contributed by atoms with E-state index in [4.69, 9.17) is 0 Å². The van der Waals surface area contributed by atoms with E-state index in [0.29, 0.717) is 17.6 Å². The molecule has 2 fully saturated rings. The number of halogens is 1. The van der Waals surface area contributed by atoms with Gasteiger partial charge >= 0.3 is 0 Å². The fourth-order valence-electron chi connectivity index (χ4n) is 3.06. The van der Waals surface area contributed by atoms with Crippen LogP contribution in [0, 0.1) is 5.82 Å². The summed E-state index contributed by atoms with van der Waals surface area (Å²) in [4.78, 5) is 14.5. The number of rotatable bonds is 5. The third kappa shape index (κ3) is 3.82. The zero-order chi connectivity index (χ0) is 14.7. The van der Waals surface area contributed by atoms with Gasteiger partial charge in [-0.1, -0.05) is 24.6 Å². The third-order valence-corrected chi connectivity index (χ3v) is 4.44. The molecule has 1 N–H and O–H groups in total. The first kappa shape index (κ1) is 14.5. The molecule has 1 amide bonds. The molecule has 1 aliphatic carbocycles. The lowest BCUT2D eigenvalue weighted by molar-refractivity contribution is -0.131. The minimum absolute atomic E-state index is 0.0648. The maximum atomic E-state index is 13.7. The SMILES string of the molecule is O=C(Cc1ccccc1F)N(CC1CCCCN1)C1CC1. The molecule has 1 atom stereocenters. The Labute approximate surface area is 125 Å². The monoisotopic (exact) mass is 290 g/mol. The first-order valence-corrected chi connectivity index (χ1v) is 8.00. The van der Waals surface area contributed by atoms with Crippen LogP contribution in [-0.2, 0) is 11.2 Å². The summed E-state index contributed by atoms with van der Waals surface area (Å²) in [6.45, 7) is 1.82. The van der Waals surface area contributed by atoms with E-state index in [1.54, 1.807) is 18.2 Å². The number of benzene rings is 1. The number of carbonyl (C=O) groups excluding carboxylic acids is 1. The van der Waals surface area contributed by atoms with Crippen LogP contribution < -0.4 is 5.32 Å². The van der Waals surface area contributed by atoms with Gasteiger partial charge in [0.05, 0.1) is 6.42 Å². The molecule has 1 aromatic rings. The van der Waals surface area contributed by atoms with E-state index in [-0.39, 0.29) is 18.1 Å². The van der Waals surface area contributed by atoms with Gasteiger partial charge in [-0.15, -0.1) is 0 Å². The molecule has 1 heterocycles. The molecule has 1 unspecified atom stereocenters. The molecule has 3 nitrogen and oxygen atoms in total. The van der Waals surface area contributed by atoms with Crippen LogP contribution in [0.2, 0.25) is 0 Å². The van der Waals surface area contributed by atoms with Crippen LogP contribution in [0.5, 0.6) is 0 Å². The highest BCUT2D eigenvalue weighted by Gasteiger charge is 2.34. The Morgan fingerprint density at radius 2 is 2.05 bits per heavy atom. The van der Waals surface area contributed by atoms with E-state index in [0.717, 1.165) is 32.4 Å². The van der Waals surface area contributed by atoms with Gasteiger partial charge in [0.25, 0.3) is 0 Å². The lowest BCUT2D eigenvalue weighted by atomic mass is 10.0. The zero-order valence-electron chi connectivity index (χ0n) is 12.4. The summed E-state index contributed by atoms with van der Waals surface area (Å²) in [7, 11) is 0. The fourth-order valence-corrected chi connectivity index (χ4v) is 3.06. The van der Waals surface area contributed by atoms with Crippen LogP contribution in [0.4, 0.5) is 4.39 Å². The summed E-state index contributed by atoms with van der Waals surface area (Å²) in [5.74, 6) is -0.215. The Hall–Kier alpha value is -1.42. The zero-order valence-corrected chi connectivity index (χ0v) is 12.4. The van der Waals surface area contributed by atoms with Crippen molar-refractivity contribution in [3.8, 4) is 0 Å². The predicted octanol–water partition coefficient (Wildman–Crippen LogP) is 2.50. The van der Waals surface area contributed by atoms with Gasteiger partial charge in [-0.2, -0.15) is 0 Å². The van der Waals surface area contributed by atoms with Crippen LogP contribution >= 0.6 is 0 Å². The van der Waals surface area contributed by atoms with Crippen LogP contribution in [0.25, 0.3) is 0 Å². The third-order valence-electron chi connectivity index (χ3n) is 4.44. The Kier molecular flexibility index (Phi) is 4.54. The topological polar surface area (TPSA) is 32.3 Å². The highest BCUT2D eigenvalue weighted by Crippen LogP contribution is 2.28. The molecule has 0 aromatic heterocycles. The maximum absolute atomic E-state index is 13.7. The van der Waals surface area contributed by atoms with Crippen LogP contribution in [-0.4, -0.2) is 36.0 Å². The van der Waals surface area contributed by atoms with Crippen molar-refractivity contribution >= 4 is 5.91 Å². The minimum atomic E-state index is -0.280.